The zero-order chi connectivity index (χ0) is 18.0. The average molecular weight is 334 g/mol. The molecule has 1 saturated heterocycles. The van der Waals surface area contributed by atoms with Gasteiger partial charge in [0.1, 0.15) is 0 Å². The van der Waals surface area contributed by atoms with E-state index in [-0.39, 0.29) is 0 Å². The highest BCUT2D eigenvalue weighted by molar-refractivity contribution is 5.37. The van der Waals surface area contributed by atoms with Crippen LogP contribution in [0.4, 0.5) is 0 Å². The summed E-state index contributed by atoms with van der Waals surface area (Å²) in [6.45, 7) is 16.8. The fourth-order valence-electron chi connectivity index (χ4n) is 4.34. The average Bonchev–Trinajstić information content (AvgIpc) is 2.59. The summed E-state index contributed by atoms with van der Waals surface area (Å²) in [5.41, 5.74) is 4.17. The van der Waals surface area contributed by atoms with Gasteiger partial charge >= 0.3 is 0 Å². The molecule has 1 fully saturated rings. The summed E-state index contributed by atoms with van der Waals surface area (Å²) in [6, 6.07) is 0. The Morgan fingerprint density at radius 2 is 1.67 bits per heavy atom. The summed E-state index contributed by atoms with van der Waals surface area (Å²) >= 11 is 0. The Morgan fingerprint density at radius 1 is 1.04 bits per heavy atom. The monoisotopic (exact) mass is 333 g/mol. The SMILES string of the molecule is CC.CC(C)C.CCCN1CCC2(CCCC3=C2C=CCC3)CC1. The van der Waals surface area contributed by atoms with E-state index in [1.807, 2.05) is 19.4 Å². The van der Waals surface area contributed by atoms with Crippen molar-refractivity contribution in [3.63, 3.8) is 0 Å². The molecule has 0 saturated carbocycles. The Labute approximate surface area is 152 Å². The van der Waals surface area contributed by atoms with Gasteiger partial charge in [-0.3, -0.25) is 0 Å². The van der Waals surface area contributed by atoms with Gasteiger partial charge in [-0.25, -0.2) is 0 Å². The van der Waals surface area contributed by atoms with Crippen LogP contribution in [0.1, 0.15) is 92.9 Å². The normalized spacial score (nSPS) is 22.5. The van der Waals surface area contributed by atoms with Gasteiger partial charge in [0.2, 0.25) is 0 Å². The van der Waals surface area contributed by atoms with Gasteiger partial charge in [0.25, 0.3) is 0 Å². The van der Waals surface area contributed by atoms with Crippen molar-refractivity contribution in [3.8, 4) is 0 Å². The van der Waals surface area contributed by atoms with E-state index < -0.39 is 0 Å². The fraction of sp³-hybridized carbons (Fsp3) is 0.826. The minimum atomic E-state index is 0.578. The van der Waals surface area contributed by atoms with E-state index in [0.717, 1.165) is 5.92 Å². The molecule has 0 aromatic rings. The Hall–Kier alpha value is -0.560. The Kier molecular flexibility index (Phi) is 9.96. The topological polar surface area (TPSA) is 3.24 Å². The van der Waals surface area contributed by atoms with Crippen LogP contribution in [0, 0.1) is 11.3 Å². The highest BCUT2D eigenvalue weighted by Crippen LogP contribution is 2.50. The van der Waals surface area contributed by atoms with Crippen molar-refractivity contribution in [2.45, 2.75) is 92.9 Å². The molecule has 0 amide bonds. The lowest BCUT2D eigenvalue weighted by atomic mass is 9.63. The molecule has 1 spiro atoms. The summed E-state index contributed by atoms with van der Waals surface area (Å²) in [6.07, 6.45) is 16.0. The summed E-state index contributed by atoms with van der Waals surface area (Å²) in [5.74, 6) is 0.833. The first-order valence-electron chi connectivity index (χ1n) is 10.7. The van der Waals surface area contributed by atoms with Crippen LogP contribution in [0.3, 0.4) is 0 Å². The third kappa shape index (κ3) is 6.06. The van der Waals surface area contributed by atoms with Crippen LogP contribution >= 0.6 is 0 Å². The molecule has 2 aliphatic carbocycles. The van der Waals surface area contributed by atoms with Crippen LogP contribution in [0.5, 0.6) is 0 Å². The highest BCUT2D eigenvalue weighted by Gasteiger charge is 2.39. The van der Waals surface area contributed by atoms with Crippen molar-refractivity contribution in [2.24, 2.45) is 11.3 Å². The third-order valence-corrected chi connectivity index (χ3v) is 5.34. The maximum Gasteiger partial charge on any atom is -0.00102 e. The zero-order valence-electron chi connectivity index (χ0n) is 17.5. The van der Waals surface area contributed by atoms with Crippen LogP contribution < -0.4 is 0 Å². The van der Waals surface area contributed by atoms with Crippen molar-refractivity contribution < 1.29 is 0 Å². The molecule has 24 heavy (non-hydrogen) atoms. The maximum atomic E-state index is 2.67. The number of allylic oxidation sites excluding steroid dienone is 4. The number of rotatable bonds is 2. The van der Waals surface area contributed by atoms with Crippen LogP contribution in [0.15, 0.2) is 23.3 Å². The first-order chi connectivity index (χ1) is 11.6. The second-order valence-electron chi connectivity index (χ2n) is 8.17. The summed E-state index contributed by atoms with van der Waals surface area (Å²) in [4.78, 5) is 2.67. The largest absolute Gasteiger partial charge is 0.303 e. The lowest BCUT2D eigenvalue weighted by molar-refractivity contribution is 0.118. The molecule has 140 valence electrons. The summed E-state index contributed by atoms with van der Waals surface area (Å²) < 4.78 is 0. The summed E-state index contributed by atoms with van der Waals surface area (Å²) in [5, 5.41) is 0. The van der Waals surface area contributed by atoms with Gasteiger partial charge < -0.3 is 4.90 Å². The van der Waals surface area contributed by atoms with E-state index in [1.165, 1.54) is 71.0 Å². The fourth-order valence-corrected chi connectivity index (χ4v) is 4.34. The summed E-state index contributed by atoms with van der Waals surface area (Å²) in [7, 11) is 0. The van der Waals surface area contributed by atoms with Crippen molar-refractivity contribution in [3.05, 3.63) is 23.3 Å². The van der Waals surface area contributed by atoms with Crippen LogP contribution in [-0.4, -0.2) is 24.5 Å². The predicted octanol–water partition coefficient (Wildman–Crippen LogP) is 7.00. The molecule has 0 atom stereocenters. The van der Waals surface area contributed by atoms with E-state index in [4.69, 9.17) is 0 Å². The molecule has 3 rings (SSSR count). The van der Waals surface area contributed by atoms with Crippen LogP contribution in [0.25, 0.3) is 0 Å². The van der Waals surface area contributed by atoms with Crippen LogP contribution in [-0.2, 0) is 0 Å². The van der Waals surface area contributed by atoms with Crippen molar-refractivity contribution >= 4 is 0 Å². The van der Waals surface area contributed by atoms with E-state index in [2.05, 4.69) is 44.7 Å². The number of fused-ring (bicyclic) bond motifs is 1. The van der Waals surface area contributed by atoms with Gasteiger partial charge in [0.05, 0.1) is 0 Å². The van der Waals surface area contributed by atoms with Gasteiger partial charge in [0, 0.05) is 0 Å². The minimum absolute atomic E-state index is 0.578. The molecular weight excluding hydrogens is 290 g/mol. The predicted molar refractivity (Wildman–Crippen MR) is 110 cm³/mol. The van der Waals surface area contributed by atoms with E-state index >= 15 is 0 Å². The van der Waals surface area contributed by atoms with Crippen molar-refractivity contribution in [2.75, 3.05) is 19.6 Å². The van der Waals surface area contributed by atoms with Crippen LogP contribution in [0.2, 0.25) is 0 Å². The first-order valence-corrected chi connectivity index (χ1v) is 10.7. The Morgan fingerprint density at radius 3 is 2.25 bits per heavy atom. The second-order valence-corrected chi connectivity index (χ2v) is 8.17. The molecule has 1 aliphatic heterocycles. The molecule has 0 unspecified atom stereocenters. The molecule has 0 bridgehead atoms. The van der Waals surface area contributed by atoms with E-state index in [9.17, 15) is 0 Å². The number of likely N-dealkylation sites (tertiary alicyclic amines) is 1. The van der Waals surface area contributed by atoms with E-state index in [1.54, 1.807) is 5.57 Å². The molecule has 0 aromatic heterocycles. The smallest absolute Gasteiger partial charge is 0.00102 e. The van der Waals surface area contributed by atoms with E-state index in [0.29, 0.717) is 5.41 Å². The molecule has 1 nitrogen and oxygen atoms in total. The van der Waals surface area contributed by atoms with Gasteiger partial charge in [-0.1, -0.05) is 59.3 Å². The second kappa shape index (κ2) is 11.1. The number of hydrogen-bond donors (Lipinski definition) is 0. The third-order valence-electron chi connectivity index (χ3n) is 5.34. The molecule has 0 N–H and O–H groups in total. The molecule has 3 aliphatic rings. The lowest BCUT2D eigenvalue weighted by Gasteiger charge is -2.47. The maximum absolute atomic E-state index is 2.67. The number of piperidine rings is 1. The van der Waals surface area contributed by atoms with Crippen molar-refractivity contribution in [1.82, 2.24) is 4.90 Å². The lowest BCUT2D eigenvalue weighted by Crippen LogP contribution is -2.42. The number of hydrogen-bond acceptors (Lipinski definition) is 1. The quantitative estimate of drug-likeness (QED) is 0.526. The zero-order valence-corrected chi connectivity index (χ0v) is 17.5. The van der Waals surface area contributed by atoms with Gasteiger partial charge in [-0.05, 0) is 87.9 Å². The molecule has 0 radical (unpaired) electrons. The number of nitrogens with zero attached hydrogens (tertiary/aromatic N) is 1. The van der Waals surface area contributed by atoms with Crippen molar-refractivity contribution in [1.29, 1.82) is 0 Å². The molecule has 1 heterocycles. The Balaban J connectivity index is 0.000000423. The highest BCUT2D eigenvalue weighted by atomic mass is 15.1. The van der Waals surface area contributed by atoms with Gasteiger partial charge in [0.15, 0.2) is 0 Å². The molecule has 1 heteroatoms. The van der Waals surface area contributed by atoms with Gasteiger partial charge in [-0.15, -0.1) is 0 Å². The first kappa shape index (κ1) is 21.5. The van der Waals surface area contributed by atoms with Gasteiger partial charge in [-0.2, -0.15) is 0 Å². The molecular formula is C23H43N. The standard InChI is InChI=1S/C17H27N.C4H10.C2H6/c1-2-12-18-13-10-17(11-14-18)9-5-7-15-6-3-4-8-16(15)17;1-4(2)3;1-2/h4,8H,2-3,5-7,9-14H2,1H3;4H,1-3H3;1-2H3. The minimum Gasteiger partial charge on any atom is -0.303 e. The molecule has 0 aromatic carbocycles. The Bertz CT molecular complexity index is 392.